The number of aryl methyl sites for hydroxylation is 1. The van der Waals surface area contributed by atoms with Crippen molar-refractivity contribution in [3.8, 4) is 0 Å². The van der Waals surface area contributed by atoms with Gasteiger partial charge in [0.05, 0.1) is 12.5 Å². The van der Waals surface area contributed by atoms with Gasteiger partial charge >= 0.3 is 6.18 Å². The summed E-state index contributed by atoms with van der Waals surface area (Å²) >= 11 is 0. The second kappa shape index (κ2) is 5.26. The summed E-state index contributed by atoms with van der Waals surface area (Å²) in [5, 5.41) is 6.87. The van der Waals surface area contributed by atoms with Crippen LogP contribution in [0.25, 0.3) is 0 Å². The maximum atomic E-state index is 12.9. The third kappa shape index (κ3) is 3.01. The molecule has 1 aromatic rings. The van der Waals surface area contributed by atoms with Gasteiger partial charge in [0.15, 0.2) is 0 Å². The number of aromatic nitrogens is 3. The Kier molecular flexibility index (Phi) is 3.89. The van der Waals surface area contributed by atoms with E-state index < -0.39 is 18.1 Å². The quantitative estimate of drug-likeness (QED) is 0.906. The minimum Gasteiger partial charge on any atom is -0.306 e. The van der Waals surface area contributed by atoms with Gasteiger partial charge in [0.25, 0.3) is 0 Å². The number of halogens is 3. The van der Waals surface area contributed by atoms with Crippen molar-refractivity contribution >= 4 is 0 Å². The molecule has 1 heterocycles. The summed E-state index contributed by atoms with van der Waals surface area (Å²) in [6.45, 7) is 0.327. The number of rotatable bonds is 3. The highest BCUT2D eigenvalue weighted by Crippen LogP contribution is 2.37. The van der Waals surface area contributed by atoms with Crippen molar-refractivity contribution in [3.05, 3.63) is 12.2 Å². The van der Waals surface area contributed by atoms with Gasteiger partial charge in [0, 0.05) is 13.1 Å². The Bertz CT molecular complexity index is 388. The third-order valence-corrected chi connectivity index (χ3v) is 3.51. The first-order valence-corrected chi connectivity index (χ1v) is 6.11. The second-order valence-electron chi connectivity index (χ2n) is 4.72. The molecule has 4 nitrogen and oxygen atoms in total. The third-order valence-electron chi connectivity index (χ3n) is 3.51. The summed E-state index contributed by atoms with van der Waals surface area (Å²) < 4.78 is 40.2. The van der Waals surface area contributed by atoms with Gasteiger partial charge in [0.1, 0.15) is 12.2 Å². The van der Waals surface area contributed by atoms with Crippen molar-refractivity contribution in [1.29, 1.82) is 0 Å². The summed E-state index contributed by atoms with van der Waals surface area (Å²) in [6, 6.07) is -0.504. The molecule has 0 radical (unpaired) electrons. The highest BCUT2D eigenvalue weighted by molar-refractivity contribution is 4.89. The molecular formula is C11H17F3N4. The monoisotopic (exact) mass is 262 g/mol. The number of alkyl halides is 3. The van der Waals surface area contributed by atoms with E-state index >= 15 is 0 Å². The SMILES string of the molecule is Cn1ncnc1CN[C@H]1CCCC[C@@H]1C(F)(F)F. The molecule has 102 valence electrons. The Hall–Kier alpha value is -1.11. The van der Waals surface area contributed by atoms with E-state index in [1.807, 2.05) is 0 Å². The van der Waals surface area contributed by atoms with E-state index in [1.165, 1.54) is 6.33 Å². The standard InChI is InChI=1S/C11H17F3N4/c1-18-10(16-7-17-18)6-15-9-5-3-2-4-8(9)11(12,13)14/h7-9,15H,2-6H2,1H3/t8-,9-/m0/s1. The largest absolute Gasteiger partial charge is 0.393 e. The van der Waals surface area contributed by atoms with Crippen molar-refractivity contribution in [1.82, 2.24) is 20.1 Å². The second-order valence-corrected chi connectivity index (χ2v) is 4.72. The predicted octanol–water partition coefficient (Wildman–Crippen LogP) is 2.03. The fourth-order valence-corrected chi connectivity index (χ4v) is 2.47. The molecule has 2 atom stereocenters. The minimum absolute atomic E-state index is 0.222. The lowest BCUT2D eigenvalue weighted by Gasteiger charge is -2.33. The number of hydrogen-bond acceptors (Lipinski definition) is 3. The van der Waals surface area contributed by atoms with Crippen LogP contribution >= 0.6 is 0 Å². The van der Waals surface area contributed by atoms with Gasteiger partial charge in [-0.15, -0.1) is 0 Å². The molecule has 18 heavy (non-hydrogen) atoms. The van der Waals surface area contributed by atoms with Crippen molar-refractivity contribution in [2.75, 3.05) is 0 Å². The molecule has 0 saturated heterocycles. The molecule has 1 aliphatic rings. The van der Waals surface area contributed by atoms with E-state index in [0.29, 0.717) is 25.2 Å². The van der Waals surface area contributed by atoms with E-state index in [4.69, 9.17) is 0 Å². The summed E-state index contributed by atoms with van der Waals surface area (Å²) in [5.41, 5.74) is 0. The molecule has 0 unspecified atom stereocenters. The van der Waals surface area contributed by atoms with Crippen LogP contribution in [0.4, 0.5) is 13.2 Å². The lowest BCUT2D eigenvalue weighted by molar-refractivity contribution is -0.189. The van der Waals surface area contributed by atoms with Crippen LogP contribution in [0, 0.1) is 5.92 Å². The first kappa shape index (κ1) is 13.3. The van der Waals surface area contributed by atoms with E-state index in [-0.39, 0.29) is 6.42 Å². The zero-order valence-electron chi connectivity index (χ0n) is 10.2. The van der Waals surface area contributed by atoms with Crippen LogP contribution in [-0.4, -0.2) is 27.0 Å². The van der Waals surface area contributed by atoms with Gasteiger partial charge in [-0.05, 0) is 12.8 Å². The summed E-state index contributed by atoms with van der Waals surface area (Å²) in [5.74, 6) is -0.582. The lowest BCUT2D eigenvalue weighted by atomic mass is 9.84. The average molecular weight is 262 g/mol. The average Bonchev–Trinajstić information content (AvgIpc) is 2.71. The van der Waals surface area contributed by atoms with Crippen molar-refractivity contribution < 1.29 is 13.2 Å². The Morgan fingerprint density at radius 1 is 1.39 bits per heavy atom. The van der Waals surface area contributed by atoms with E-state index in [0.717, 1.165) is 6.42 Å². The van der Waals surface area contributed by atoms with Crippen LogP contribution < -0.4 is 5.32 Å². The molecule has 2 rings (SSSR count). The first-order chi connectivity index (χ1) is 8.48. The van der Waals surface area contributed by atoms with Crippen LogP contribution in [0.3, 0.4) is 0 Å². The van der Waals surface area contributed by atoms with E-state index in [9.17, 15) is 13.2 Å². The van der Waals surface area contributed by atoms with Crippen molar-refractivity contribution in [3.63, 3.8) is 0 Å². The summed E-state index contributed by atoms with van der Waals surface area (Å²) in [7, 11) is 1.73. The molecule has 0 amide bonds. The zero-order chi connectivity index (χ0) is 13.2. The van der Waals surface area contributed by atoms with E-state index in [1.54, 1.807) is 11.7 Å². The molecule has 1 saturated carbocycles. The van der Waals surface area contributed by atoms with Gasteiger partial charge in [-0.2, -0.15) is 18.3 Å². The summed E-state index contributed by atoms with van der Waals surface area (Å²) in [4.78, 5) is 4.00. The fourth-order valence-electron chi connectivity index (χ4n) is 2.47. The maximum Gasteiger partial charge on any atom is 0.393 e. The Morgan fingerprint density at radius 3 is 2.72 bits per heavy atom. The van der Waals surface area contributed by atoms with Crippen LogP contribution in [0.15, 0.2) is 6.33 Å². The fraction of sp³-hybridized carbons (Fsp3) is 0.818. The van der Waals surface area contributed by atoms with Crippen molar-refractivity contribution in [2.45, 2.75) is 44.4 Å². The van der Waals surface area contributed by atoms with Gasteiger partial charge in [-0.1, -0.05) is 12.8 Å². The molecule has 0 aromatic carbocycles. The minimum atomic E-state index is -4.11. The van der Waals surface area contributed by atoms with Gasteiger partial charge in [-0.25, -0.2) is 4.98 Å². The lowest BCUT2D eigenvalue weighted by Crippen LogP contribution is -2.45. The summed E-state index contributed by atoms with van der Waals surface area (Å²) in [6.07, 6.45) is -0.408. The highest BCUT2D eigenvalue weighted by Gasteiger charge is 2.45. The molecule has 0 spiro atoms. The number of hydrogen-bond donors (Lipinski definition) is 1. The smallest absolute Gasteiger partial charge is 0.306 e. The predicted molar refractivity (Wildman–Crippen MR) is 59.6 cm³/mol. The van der Waals surface area contributed by atoms with E-state index in [2.05, 4.69) is 15.4 Å². The Balaban J connectivity index is 1.96. The normalized spacial score (nSPS) is 25.3. The van der Waals surface area contributed by atoms with Crippen LogP contribution in [-0.2, 0) is 13.6 Å². The number of nitrogens with one attached hydrogen (secondary N) is 1. The highest BCUT2D eigenvalue weighted by atomic mass is 19.4. The molecule has 7 heteroatoms. The molecule has 0 bridgehead atoms. The number of nitrogens with zero attached hydrogens (tertiary/aromatic N) is 3. The van der Waals surface area contributed by atoms with Crippen LogP contribution in [0.5, 0.6) is 0 Å². The maximum absolute atomic E-state index is 12.9. The molecule has 1 aliphatic carbocycles. The molecule has 1 fully saturated rings. The van der Waals surface area contributed by atoms with Crippen LogP contribution in [0.1, 0.15) is 31.5 Å². The zero-order valence-corrected chi connectivity index (χ0v) is 10.2. The molecule has 1 aromatic heterocycles. The Labute approximate surface area is 104 Å². The van der Waals surface area contributed by atoms with Gasteiger partial charge in [0.2, 0.25) is 0 Å². The van der Waals surface area contributed by atoms with Gasteiger partial charge < -0.3 is 5.32 Å². The van der Waals surface area contributed by atoms with Crippen LogP contribution in [0.2, 0.25) is 0 Å². The molecule has 1 N–H and O–H groups in total. The Morgan fingerprint density at radius 2 is 2.11 bits per heavy atom. The van der Waals surface area contributed by atoms with Gasteiger partial charge in [-0.3, -0.25) is 4.68 Å². The molecule has 0 aliphatic heterocycles. The first-order valence-electron chi connectivity index (χ1n) is 6.11. The molecular weight excluding hydrogens is 245 g/mol. The topological polar surface area (TPSA) is 42.7 Å². The van der Waals surface area contributed by atoms with Crippen molar-refractivity contribution in [2.24, 2.45) is 13.0 Å².